The van der Waals surface area contributed by atoms with Crippen LogP contribution in [0.4, 0.5) is 11.9 Å². The summed E-state index contributed by atoms with van der Waals surface area (Å²) in [5.41, 5.74) is 12.3. The van der Waals surface area contributed by atoms with Crippen LogP contribution < -0.4 is 16.2 Å². The first-order chi connectivity index (χ1) is 14.2. The number of aryl methyl sites for hydroxylation is 1. The summed E-state index contributed by atoms with van der Waals surface area (Å²) < 4.78 is 33.2. The van der Waals surface area contributed by atoms with Crippen molar-refractivity contribution in [2.45, 2.75) is 25.0 Å². The third kappa shape index (κ3) is 5.27. The number of rotatable bonds is 7. The second kappa shape index (κ2) is 8.84. The Balaban J connectivity index is 1.74. The van der Waals surface area contributed by atoms with Crippen molar-refractivity contribution in [1.29, 1.82) is 0 Å². The van der Waals surface area contributed by atoms with E-state index >= 15 is 0 Å². The molecule has 3 aromatic rings. The Kier molecular flexibility index (Phi) is 6.23. The van der Waals surface area contributed by atoms with Crippen LogP contribution in [0.5, 0.6) is 0 Å². The Morgan fingerprint density at radius 3 is 2.37 bits per heavy atom. The number of esters is 1. The van der Waals surface area contributed by atoms with Crippen molar-refractivity contribution >= 4 is 27.9 Å². The molecule has 0 aliphatic rings. The third-order valence-corrected chi connectivity index (χ3v) is 5.61. The molecule has 0 amide bonds. The van der Waals surface area contributed by atoms with Gasteiger partial charge in [-0.3, -0.25) is 0 Å². The van der Waals surface area contributed by atoms with Crippen LogP contribution in [0.2, 0.25) is 0 Å². The molecule has 0 unspecified atom stereocenters. The summed E-state index contributed by atoms with van der Waals surface area (Å²) in [6.07, 6.45) is 0. The molecule has 1 heterocycles. The maximum Gasteiger partial charge on any atom is 0.338 e. The number of aromatic nitrogens is 3. The average Bonchev–Trinajstić information content (AvgIpc) is 2.71. The van der Waals surface area contributed by atoms with Gasteiger partial charge in [0.2, 0.25) is 21.9 Å². The van der Waals surface area contributed by atoms with Gasteiger partial charge in [-0.1, -0.05) is 36.4 Å². The van der Waals surface area contributed by atoms with Crippen molar-refractivity contribution in [2.75, 3.05) is 11.5 Å². The Labute approximate surface area is 173 Å². The predicted octanol–water partition coefficient (Wildman–Crippen LogP) is 1.18. The molecule has 0 fully saturated rings. The molecule has 30 heavy (non-hydrogen) atoms. The summed E-state index contributed by atoms with van der Waals surface area (Å²) in [4.78, 5) is 23.6. The Morgan fingerprint density at radius 2 is 1.70 bits per heavy atom. The smallest absolute Gasteiger partial charge is 0.338 e. The van der Waals surface area contributed by atoms with Gasteiger partial charge in [0.05, 0.1) is 10.5 Å². The van der Waals surface area contributed by atoms with Crippen LogP contribution in [-0.4, -0.2) is 29.3 Å². The van der Waals surface area contributed by atoms with Gasteiger partial charge in [-0.05, 0) is 30.2 Å². The lowest BCUT2D eigenvalue weighted by molar-refractivity contribution is 0.0462. The van der Waals surface area contributed by atoms with E-state index in [1.165, 1.54) is 18.2 Å². The van der Waals surface area contributed by atoms with Gasteiger partial charge in [-0.2, -0.15) is 15.0 Å². The molecule has 156 valence electrons. The summed E-state index contributed by atoms with van der Waals surface area (Å²) in [7, 11) is -3.85. The van der Waals surface area contributed by atoms with Crippen molar-refractivity contribution in [3.8, 4) is 0 Å². The topological polar surface area (TPSA) is 163 Å². The van der Waals surface area contributed by atoms with Crippen molar-refractivity contribution in [2.24, 2.45) is 0 Å². The minimum Gasteiger partial charge on any atom is -0.454 e. The fourth-order valence-electron chi connectivity index (χ4n) is 2.60. The highest BCUT2D eigenvalue weighted by Crippen LogP contribution is 2.18. The molecule has 5 N–H and O–H groups in total. The minimum atomic E-state index is -3.85. The number of hydrogen-bond acceptors (Lipinski definition) is 9. The standard InChI is InChI=1S/C19H20N6O4S/c1-12-7-8-14(17(26)29-11-16-23-18(20)25-19(21)24-16)9-15(12)30(27,28)22-10-13-5-3-2-4-6-13/h2-9,22H,10-11H2,1H3,(H4,20,21,23,24,25). The van der Waals surface area contributed by atoms with Crippen LogP contribution in [0, 0.1) is 6.92 Å². The van der Waals surface area contributed by atoms with Gasteiger partial charge < -0.3 is 16.2 Å². The maximum atomic E-state index is 12.7. The van der Waals surface area contributed by atoms with Gasteiger partial charge >= 0.3 is 5.97 Å². The zero-order valence-electron chi connectivity index (χ0n) is 16.1. The summed E-state index contributed by atoms with van der Waals surface area (Å²) in [6.45, 7) is 1.47. The van der Waals surface area contributed by atoms with E-state index in [0.29, 0.717) is 5.56 Å². The van der Waals surface area contributed by atoms with Crippen molar-refractivity contribution in [1.82, 2.24) is 19.7 Å². The normalized spacial score (nSPS) is 11.2. The number of carbonyl (C=O) groups excluding carboxylic acids is 1. The van der Waals surface area contributed by atoms with Gasteiger partial charge in [-0.15, -0.1) is 0 Å². The fraction of sp³-hybridized carbons (Fsp3) is 0.158. The zero-order chi connectivity index (χ0) is 21.7. The highest BCUT2D eigenvalue weighted by molar-refractivity contribution is 7.89. The highest BCUT2D eigenvalue weighted by atomic mass is 32.2. The number of hydrogen-bond donors (Lipinski definition) is 3. The summed E-state index contributed by atoms with van der Waals surface area (Å²) in [6, 6.07) is 13.4. The Morgan fingerprint density at radius 1 is 1.03 bits per heavy atom. The zero-order valence-corrected chi connectivity index (χ0v) is 16.9. The molecule has 0 radical (unpaired) electrons. The summed E-state index contributed by atoms with van der Waals surface area (Å²) in [5, 5.41) is 0. The number of nitrogens with two attached hydrogens (primary N) is 2. The van der Waals surface area contributed by atoms with E-state index in [1.807, 2.05) is 30.3 Å². The van der Waals surface area contributed by atoms with Crippen LogP contribution in [0.3, 0.4) is 0 Å². The lowest BCUT2D eigenvalue weighted by Gasteiger charge is -2.11. The third-order valence-electron chi connectivity index (χ3n) is 4.07. The number of nitrogens with zero attached hydrogens (tertiary/aromatic N) is 3. The van der Waals surface area contributed by atoms with Crippen LogP contribution in [0.15, 0.2) is 53.4 Å². The number of nitrogens with one attached hydrogen (secondary N) is 1. The first-order valence-electron chi connectivity index (χ1n) is 8.82. The highest BCUT2D eigenvalue weighted by Gasteiger charge is 2.20. The summed E-state index contributed by atoms with van der Waals surface area (Å²) >= 11 is 0. The SMILES string of the molecule is Cc1ccc(C(=O)OCc2nc(N)nc(N)n2)cc1S(=O)(=O)NCc1ccccc1. The number of anilines is 2. The van der Waals surface area contributed by atoms with E-state index in [0.717, 1.165) is 5.56 Å². The van der Waals surface area contributed by atoms with E-state index in [-0.39, 0.29) is 41.3 Å². The van der Waals surface area contributed by atoms with Crippen LogP contribution in [0.25, 0.3) is 0 Å². The number of ether oxygens (including phenoxy) is 1. The van der Waals surface area contributed by atoms with Crippen LogP contribution in [0.1, 0.15) is 27.3 Å². The molecule has 0 aliphatic heterocycles. The molecule has 0 aliphatic carbocycles. The van der Waals surface area contributed by atoms with Crippen molar-refractivity contribution in [3.05, 3.63) is 71.0 Å². The molecule has 11 heteroatoms. The van der Waals surface area contributed by atoms with E-state index in [9.17, 15) is 13.2 Å². The minimum absolute atomic E-state index is 0.0125. The molecule has 0 spiro atoms. The predicted molar refractivity (Wildman–Crippen MR) is 109 cm³/mol. The van der Waals surface area contributed by atoms with Gasteiger partial charge in [-0.25, -0.2) is 17.9 Å². The Bertz CT molecular complexity index is 1150. The van der Waals surface area contributed by atoms with Crippen molar-refractivity contribution < 1.29 is 17.9 Å². The van der Waals surface area contributed by atoms with Gasteiger partial charge in [0.1, 0.15) is 0 Å². The van der Waals surface area contributed by atoms with E-state index in [1.54, 1.807) is 6.92 Å². The van der Waals surface area contributed by atoms with E-state index in [4.69, 9.17) is 16.2 Å². The molecule has 0 saturated heterocycles. The molecule has 0 atom stereocenters. The molecule has 1 aromatic heterocycles. The molecular formula is C19H20N6O4S. The first-order valence-corrected chi connectivity index (χ1v) is 10.3. The molecule has 2 aromatic carbocycles. The van der Waals surface area contributed by atoms with E-state index in [2.05, 4.69) is 19.7 Å². The van der Waals surface area contributed by atoms with Crippen LogP contribution >= 0.6 is 0 Å². The van der Waals surface area contributed by atoms with Gasteiger partial charge in [0.25, 0.3) is 0 Å². The number of carbonyl (C=O) groups is 1. The van der Waals surface area contributed by atoms with Crippen molar-refractivity contribution in [3.63, 3.8) is 0 Å². The number of sulfonamides is 1. The first kappa shape index (κ1) is 21.1. The maximum absolute atomic E-state index is 12.7. The van der Waals surface area contributed by atoms with E-state index < -0.39 is 16.0 Å². The van der Waals surface area contributed by atoms with Gasteiger partial charge in [0.15, 0.2) is 12.4 Å². The number of nitrogen functional groups attached to an aromatic ring is 2. The monoisotopic (exact) mass is 428 g/mol. The molecule has 0 saturated carbocycles. The summed E-state index contributed by atoms with van der Waals surface area (Å²) in [5.74, 6) is -0.853. The average molecular weight is 428 g/mol. The largest absolute Gasteiger partial charge is 0.454 e. The molecular weight excluding hydrogens is 408 g/mol. The molecule has 10 nitrogen and oxygen atoms in total. The second-order valence-corrected chi connectivity index (χ2v) is 8.07. The molecule has 3 rings (SSSR count). The Hall–Kier alpha value is -3.57. The number of benzene rings is 2. The lowest BCUT2D eigenvalue weighted by atomic mass is 10.1. The molecule has 0 bridgehead atoms. The van der Waals surface area contributed by atoms with Gasteiger partial charge in [0, 0.05) is 6.54 Å². The quantitative estimate of drug-likeness (QED) is 0.469. The lowest BCUT2D eigenvalue weighted by Crippen LogP contribution is -2.24. The fourth-order valence-corrected chi connectivity index (χ4v) is 3.89. The van der Waals surface area contributed by atoms with Crippen LogP contribution in [-0.2, 0) is 27.9 Å². The second-order valence-electron chi connectivity index (χ2n) is 6.33.